The molecule has 17 heavy (non-hydrogen) atoms. The molecule has 0 amide bonds. The predicted octanol–water partition coefficient (Wildman–Crippen LogP) is 3.89. The van der Waals surface area contributed by atoms with Crippen LogP contribution >= 0.6 is 11.6 Å². The average Bonchev–Trinajstić information content (AvgIpc) is 2.29. The minimum absolute atomic E-state index is 0.00417. The van der Waals surface area contributed by atoms with Gasteiger partial charge in [0, 0.05) is 11.1 Å². The molecule has 2 heteroatoms. The summed E-state index contributed by atoms with van der Waals surface area (Å²) in [5, 5.41) is 0.738. The molecule has 0 fully saturated rings. The van der Waals surface area contributed by atoms with Crippen LogP contribution < -0.4 is 5.73 Å². The molecule has 88 valence electrons. The Labute approximate surface area is 107 Å². The summed E-state index contributed by atoms with van der Waals surface area (Å²) in [5.41, 5.74) is 9.80. The van der Waals surface area contributed by atoms with E-state index in [1.165, 1.54) is 11.1 Å². The molecule has 1 nitrogen and oxygen atoms in total. The van der Waals surface area contributed by atoms with E-state index in [4.69, 9.17) is 17.3 Å². The lowest BCUT2D eigenvalue weighted by atomic mass is 9.99. The normalized spacial score (nSPS) is 12.4. The van der Waals surface area contributed by atoms with Crippen molar-refractivity contribution in [2.45, 2.75) is 19.4 Å². The van der Waals surface area contributed by atoms with Crippen LogP contribution in [0.2, 0.25) is 5.02 Å². The van der Waals surface area contributed by atoms with Crippen LogP contribution in [0.1, 0.15) is 22.7 Å². The topological polar surface area (TPSA) is 26.0 Å². The highest BCUT2D eigenvalue weighted by atomic mass is 35.5. The van der Waals surface area contributed by atoms with E-state index in [2.05, 4.69) is 31.2 Å². The summed E-state index contributed by atoms with van der Waals surface area (Å²) in [6.07, 6.45) is 0.835. The molecule has 0 aliphatic rings. The highest BCUT2D eigenvalue weighted by Crippen LogP contribution is 2.19. The second kappa shape index (κ2) is 5.35. The maximum Gasteiger partial charge on any atom is 0.0409 e. The van der Waals surface area contributed by atoms with Gasteiger partial charge in [-0.25, -0.2) is 0 Å². The number of hydrogen-bond donors (Lipinski definition) is 1. The zero-order valence-corrected chi connectivity index (χ0v) is 10.6. The second-order valence-electron chi connectivity index (χ2n) is 4.35. The summed E-state index contributed by atoms with van der Waals surface area (Å²) < 4.78 is 0. The van der Waals surface area contributed by atoms with E-state index in [1.54, 1.807) is 0 Å². The highest BCUT2D eigenvalue weighted by molar-refractivity contribution is 6.30. The third-order valence-electron chi connectivity index (χ3n) is 2.81. The van der Waals surface area contributed by atoms with E-state index in [0.717, 1.165) is 17.0 Å². The molecule has 0 aliphatic carbocycles. The Bertz CT molecular complexity index is 508. The van der Waals surface area contributed by atoms with Gasteiger partial charge in [0.05, 0.1) is 0 Å². The van der Waals surface area contributed by atoms with Crippen LogP contribution in [0.5, 0.6) is 0 Å². The Hall–Kier alpha value is -1.31. The summed E-state index contributed by atoms with van der Waals surface area (Å²) in [4.78, 5) is 0. The van der Waals surface area contributed by atoms with Crippen LogP contribution in [0.25, 0.3) is 0 Å². The molecule has 0 saturated heterocycles. The van der Waals surface area contributed by atoms with Gasteiger partial charge in [-0.1, -0.05) is 53.6 Å². The van der Waals surface area contributed by atoms with Gasteiger partial charge in [0.1, 0.15) is 0 Å². The van der Waals surface area contributed by atoms with E-state index in [9.17, 15) is 0 Å². The third-order valence-corrected chi connectivity index (χ3v) is 3.05. The Morgan fingerprint density at radius 1 is 1.12 bits per heavy atom. The molecule has 2 rings (SSSR count). The summed E-state index contributed by atoms with van der Waals surface area (Å²) >= 11 is 5.96. The van der Waals surface area contributed by atoms with Gasteiger partial charge in [-0.05, 0) is 36.6 Å². The van der Waals surface area contributed by atoms with Crippen LogP contribution in [0, 0.1) is 6.92 Å². The van der Waals surface area contributed by atoms with Crippen molar-refractivity contribution in [1.29, 1.82) is 0 Å². The van der Waals surface area contributed by atoms with Crippen LogP contribution in [0.3, 0.4) is 0 Å². The molecule has 1 atom stereocenters. The molecule has 1 unspecified atom stereocenters. The van der Waals surface area contributed by atoms with Crippen molar-refractivity contribution in [3.63, 3.8) is 0 Å². The van der Waals surface area contributed by atoms with Gasteiger partial charge in [0.15, 0.2) is 0 Å². The average molecular weight is 246 g/mol. The van der Waals surface area contributed by atoms with Crippen molar-refractivity contribution in [2.75, 3.05) is 0 Å². The fourth-order valence-corrected chi connectivity index (χ4v) is 2.15. The van der Waals surface area contributed by atoms with Gasteiger partial charge in [-0.2, -0.15) is 0 Å². The summed E-state index contributed by atoms with van der Waals surface area (Å²) in [7, 11) is 0. The molecule has 2 aromatic carbocycles. The minimum atomic E-state index is -0.00417. The zero-order chi connectivity index (χ0) is 12.3. The molecule has 2 N–H and O–H groups in total. The van der Waals surface area contributed by atoms with Crippen LogP contribution in [-0.2, 0) is 6.42 Å². The number of hydrogen-bond acceptors (Lipinski definition) is 1. The SMILES string of the molecule is Cc1cccc(CC(N)c2cccc(Cl)c2)c1. The van der Waals surface area contributed by atoms with Crippen LogP contribution in [0.15, 0.2) is 48.5 Å². The monoisotopic (exact) mass is 245 g/mol. The number of benzene rings is 2. The Morgan fingerprint density at radius 2 is 1.88 bits per heavy atom. The number of nitrogens with two attached hydrogens (primary N) is 1. The smallest absolute Gasteiger partial charge is 0.0409 e. The highest BCUT2D eigenvalue weighted by Gasteiger charge is 2.07. The quantitative estimate of drug-likeness (QED) is 0.872. The third kappa shape index (κ3) is 3.32. The van der Waals surface area contributed by atoms with Crippen molar-refractivity contribution < 1.29 is 0 Å². The summed E-state index contributed by atoms with van der Waals surface area (Å²) in [6, 6.07) is 16.2. The van der Waals surface area contributed by atoms with E-state index in [1.807, 2.05) is 24.3 Å². The summed E-state index contributed by atoms with van der Waals surface area (Å²) in [5.74, 6) is 0. The van der Waals surface area contributed by atoms with Gasteiger partial charge in [0.2, 0.25) is 0 Å². The van der Waals surface area contributed by atoms with Gasteiger partial charge in [-0.15, -0.1) is 0 Å². The lowest BCUT2D eigenvalue weighted by Crippen LogP contribution is -2.13. The molecule has 2 aromatic rings. The van der Waals surface area contributed by atoms with Crippen molar-refractivity contribution in [3.8, 4) is 0 Å². The van der Waals surface area contributed by atoms with E-state index >= 15 is 0 Å². The Balaban J connectivity index is 2.14. The predicted molar refractivity (Wildman–Crippen MR) is 73.3 cm³/mol. The first-order valence-corrected chi connectivity index (χ1v) is 6.09. The molecule has 0 aliphatic heterocycles. The second-order valence-corrected chi connectivity index (χ2v) is 4.79. The van der Waals surface area contributed by atoms with Gasteiger partial charge in [-0.3, -0.25) is 0 Å². The molecule has 0 radical (unpaired) electrons. The van der Waals surface area contributed by atoms with Gasteiger partial charge < -0.3 is 5.73 Å². The van der Waals surface area contributed by atoms with Crippen molar-refractivity contribution in [3.05, 3.63) is 70.2 Å². The van der Waals surface area contributed by atoms with Gasteiger partial charge in [0.25, 0.3) is 0 Å². The lowest BCUT2D eigenvalue weighted by molar-refractivity contribution is 0.721. The van der Waals surface area contributed by atoms with Gasteiger partial charge >= 0.3 is 0 Å². The largest absolute Gasteiger partial charge is 0.324 e. The van der Waals surface area contributed by atoms with Crippen molar-refractivity contribution in [1.82, 2.24) is 0 Å². The Morgan fingerprint density at radius 3 is 2.59 bits per heavy atom. The zero-order valence-electron chi connectivity index (χ0n) is 9.86. The maximum absolute atomic E-state index is 6.19. The standard InChI is InChI=1S/C15H16ClN/c1-11-4-2-5-12(8-11)9-15(17)13-6-3-7-14(16)10-13/h2-8,10,15H,9,17H2,1H3. The van der Waals surface area contributed by atoms with E-state index < -0.39 is 0 Å². The minimum Gasteiger partial charge on any atom is -0.324 e. The first-order valence-electron chi connectivity index (χ1n) is 5.72. The number of rotatable bonds is 3. The summed E-state index contributed by atoms with van der Waals surface area (Å²) in [6.45, 7) is 2.09. The van der Waals surface area contributed by atoms with Crippen LogP contribution in [-0.4, -0.2) is 0 Å². The Kier molecular flexibility index (Phi) is 3.82. The lowest BCUT2D eigenvalue weighted by Gasteiger charge is -2.12. The fraction of sp³-hybridized carbons (Fsp3) is 0.200. The van der Waals surface area contributed by atoms with E-state index in [-0.39, 0.29) is 6.04 Å². The van der Waals surface area contributed by atoms with Crippen molar-refractivity contribution >= 4 is 11.6 Å². The molecule has 0 aromatic heterocycles. The van der Waals surface area contributed by atoms with Crippen molar-refractivity contribution in [2.24, 2.45) is 5.73 Å². The molecule has 0 spiro atoms. The maximum atomic E-state index is 6.19. The molecule has 0 saturated carbocycles. The molecule has 0 heterocycles. The van der Waals surface area contributed by atoms with Crippen LogP contribution in [0.4, 0.5) is 0 Å². The first-order chi connectivity index (χ1) is 8.15. The molecular formula is C15H16ClN. The first kappa shape index (κ1) is 12.2. The number of aryl methyl sites for hydroxylation is 1. The number of halogens is 1. The van der Waals surface area contributed by atoms with E-state index in [0.29, 0.717) is 0 Å². The fourth-order valence-electron chi connectivity index (χ4n) is 1.95. The molecular weight excluding hydrogens is 230 g/mol. The molecule has 0 bridgehead atoms.